The highest BCUT2D eigenvalue weighted by molar-refractivity contribution is 6.30. The van der Waals surface area contributed by atoms with Crippen molar-refractivity contribution in [3.63, 3.8) is 0 Å². The second kappa shape index (κ2) is 5.12. The van der Waals surface area contributed by atoms with Crippen LogP contribution in [-0.4, -0.2) is 12.3 Å². The van der Waals surface area contributed by atoms with Gasteiger partial charge in [0.05, 0.1) is 6.04 Å². The van der Waals surface area contributed by atoms with Gasteiger partial charge < -0.3 is 0 Å². The zero-order chi connectivity index (χ0) is 14.4. The van der Waals surface area contributed by atoms with Crippen LogP contribution in [0.25, 0.3) is 0 Å². The zero-order valence-electron chi connectivity index (χ0n) is 12.8. The highest BCUT2D eigenvalue weighted by atomic mass is 35.5. The first-order chi connectivity index (χ1) is 10.1. The van der Waals surface area contributed by atoms with Gasteiger partial charge in [-0.15, -0.1) is 0 Å². The van der Waals surface area contributed by atoms with Crippen LogP contribution in [0.3, 0.4) is 0 Å². The number of aliphatic imine (C=N–C) groups is 1. The largest absolute Gasteiger partial charge is 0.289 e. The van der Waals surface area contributed by atoms with E-state index >= 15 is 0 Å². The fraction of sp³-hybridized carbons (Fsp3) is 0.632. The lowest BCUT2D eigenvalue weighted by Gasteiger charge is -2.58. The Balaban J connectivity index is 1.52. The van der Waals surface area contributed by atoms with E-state index in [-0.39, 0.29) is 0 Å². The van der Waals surface area contributed by atoms with Crippen molar-refractivity contribution in [3.8, 4) is 0 Å². The average Bonchev–Trinajstić information content (AvgIpc) is 2.45. The van der Waals surface area contributed by atoms with E-state index in [2.05, 4.69) is 25.3 Å². The van der Waals surface area contributed by atoms with Gasteiger partial charge >= 0.3 is 0 Å². The van der Waals surface area contributed by atoms with Crippen molar-refractivity contribution in [2.45, 2.75) is 51.5 Å². The minimum absolute atomic E-state index is 0.460. The lowest BCUT2D eigenvalue weighted by molar-refractivity contribution is -0.0632. The molecule has 4 aliphatic carbocycles. The van der Waals surface area contributed by atoms with E-state index < -0.39 is 0 Å². The first-order valence-corrected chi connectivity index (χ1v) is 8.79. The Morgan fingerprint density at radius 3 is 2.10 bits per heavy atom. The lowest BCUT2D eigenvalue weighted by atomic mass is 9.48. The van der Waals surface area contributed by atoms with Crippen LogP contribution in [0.2, 0.25) is 5.02 Å². The van der Waals surface area contributed by atoms with E-state index in [1.165, 1.54) is 38.5 Å². The Hall–Kier alpha value is -0.820. The summed E-state index contributed by atoms with van der Waals surface area (Å²) >= 11 is 5.94. The van der Waals surface area contributed by atoms with Gasteiger partial charge in [-0.3, -0.25) is 4.99 Å². The molecule has 1 unspecified atom stereocenters. The van der Waals surface area contributed by atoms with Crippen molar-refractivity contribution >= 4 is 17.8 Å². The van der Waals surface area contributed by atoms with Crippen LogP contribution in [0.5, 0.6) is 0 Å². The molecule has 0 aromatic heterocycles. The van der Waals surface area contributed by atoms with Gasteiger partial charge in [0.25, 0.3) is 0 Å². The molecule has 112 valence electrons. The molecule has 0 spiro atoms. The Morgan fingerprint density at radius 1 is 1.05 bits per heavy atom. The molecule has 0 N–H and O–H groups in total. The highest BCUT2D eigenvalue weighted by Crippen LogP contribution is 2.61. The molecule has 0 radical (unpaired) electrons. The molecule has 21 heavy (non-hydrogen) atoms. The fourth-order valence-corrected chi connectivity index (χ4v) is 5.72. The predicted octanol–water partition coefficient (Wildman–Crippen LogP) is 5.36. The Labute approximate surface area is 132 Å². The molecule has 4 fully saturated rings. The Bertz CT molecular complexity index is 510. The number of rotatable bonds is 3. The van der Waals surface area contributed by atoms with Gasteiger partial charge in [0.2, 0.25) is 0 Å². The number of hydrogen-bond donors (Lipinski definition) is 0. The zero-order valence-corrected chi connectivity index (χ0v) is 13.5. The molecule has 0 heterocycles. The highest BCUT2D eigenvalue weighted by Gasteiger charge is 2.53. The summed E-state index contributed by atoms with van der Waals surface area (Å²) in [7, 11) is 0. The second-order valence-electron chi connectivity index (χ2n) is 7.79. The Kier molecular flexibility index (Phi) is 3.37. The summed E-state index contributed by atoms with van der Waals surface area (Å²) in [5, 5.41) is 0.793. The summed E-state index contributed by atoms with van der Waals surface area (Å²) in [4.78, 5) is 4.95. The minimum Gasteiger partial charge on any atom is -0.289 e. The van der Waals surface area contributed by atoms with Crippen molar-refractivity contribution in [3.05, 3.63) is 34.9 Å². The van der Waals surface area contributed by atoms with Crippen LogP contribution in [-0.2, 0) is 0 Å². The summed E-state index contributed by atoms with van der Waals surface area (Å²) in [6.07, 6.45) is 10.9. The van der Waals surface area contributed by atoms with Crippen molar-refractivity contribution in [1.29, 1.82) is 0 Å². The van der Waals surface area contributed by atoms with Crippen LogP contribution in [0.4, 0.5) is 0 Å². The normalized spacial score (nSPS) is 39.0. The molecule has 1 atom stereocenters. The van der Waals surface area contributed by atoms with E-state index in [9.17, 15) is 0 Å². The van der Waals surface area contributed by atoms with Crippen LogP contribution in [0.1, 0.15) is 51.0 Å². The summed E-state index contributed by atoms with van der Waals surface area (Å²) in [5.41, 5.74) is 1.67. The maximum atomic E-state index is 5.94. The van der Waals surface area contributed by atoms with E-state index in [0.29, 0.717) is 11.5 Å². The van der Waals surface area contributed by atoms with Gasteiger partial charge in [-0.25, -0.2) is 0 Å². The first-order valence-electron chi connectivity index (χ1n) is 8.42. The van der Waals surface area contributed by atoms with Crippen LogP contribution in [0.15, 0.2) is 29.3 Å². The Morgan fingerprint density at radius 2 is 1.57 bits per heavy atom. The van der Waals surface area contributed by atoms with Crippen LogP contribution in [0, 0.1) is 23.2 Å². The standard InChI is InChI=1S/C19H24ClN/c1-13(21-12-14-2-4-18(20)5-3-14)19-9-15-6-16(10-19)8-17(7-15)11-19/h2-5,12-13,15-17H,6-11H2,1H3. The van der Waals surface area contributed by atoms with Gasteiger partial charge in [-0.05, 0) is 86.3 Å². The third-order valence-corrected chi connectivity index (χ3v) is 6.54. The molecule has 4 saturated carbocycles. The summed E-state index contributed by atoms with van der Waals surface area (Å²) in [6, 6.07) is 8.45. The van der Waals surface area contributed by atoms with Crippen molar-refractivity contribution in [2.24, 2.45) is 28.2 Å². The van der Waals surface area contributed by atoms with Crippen molar-refractivity contribution in [1.82, 2.24) is 0 Å². The molecule has 1 nitrogen and oxygen atoms in total. The minimum atomic E-state index is 0.460. The van der Waals surface area contributed by atoms with E-state index in [0.717, 1.165) is 28.3 Å². The van der Waals surface area contributed by atoms with Gasteiger partial charge in [-0.2, -0.15) is 0 Å². The summed E-state index contributed by atoms with van der Waals surface area (Å²) in [5.74, 6) is 3.01. The molecule has 4 aliphatic rings. The van der Waals surface area contributed by atoms with Gasteiger partial charge in [0, 0.05) is 11.2 Å². The van der Waals surface area contributed by atoms with E-state index in [1.807, 2.05) is 12.1 Å². The number of halogens is 1. The molecule has 1 aromatic rings. The molecule has 5 rings (SSSR count). The average molecular weight is 302 g/mol. The number of nitrogens with zero attached hydrogens (tertiary/aromatic N) is 1. The third-order valence-electron chi connectivity index (χ3n) is 6.29. The molecule has 4 bridgehead atoms. The van der Waals surface area contributed by atoms with Crippen LogP contribution >= 0.6 is 11.6 Å². The summed E-state index contributed by atoms with van der Waals surface area (Å²) in [6.45, 7) is 2.35. The SMILES string of the molecule is CC(N=Cc1ccc(Cl)cc1)C12CC3CC(CC(C3)C1)C2. The van der Waals surface area contributed by atoms with Gasteiger partial charge in [0.1, 0.15) is 0 Å². The molecule has 0 saturated heterocycles. The molecular weight excluding hydrogens is 278 g/mol. The van der Waals surface area contributed by atoms with Gasteiger partial charge in [0.15, 0.2) is 0 Å². The summed E-state index contributed by atoms with van der Waals surface area (Å²) < 4.78 is 0. The quantitative estimate of drug-likeness (QED) is 0.666. The number of hydrogen-bond acceptors (Lipinski definition) is 1. The molecule has 1 aromatic carbocycles. The molecule has 0 aliphatic heterocycles. The monoisotopic (exact) mass is 301 g/mol. The van der Waals surface area contributed by atoms with E-state index in [4.69, 9.17) is 16.6 Å². The topological polar surface area (TPSA) is 12.4 Å². The van der Waals surface area contributed by atoms with Gasteiger partial charge in [-0.1, -0.05) is 23.7 Å². The second-order valence-corrected chi connectivity index (χ2v) is 8.22. The van der Waals surface area contributed by atoms with E-state index in [1.54, 1.807) is 0 Å². The third kappa shape index (κ3) is 2.54. The first kappa shape index (κ1) is 13.8. The fourth-order valence-electron chi connectivity index (χ4n) is 5.59. The lowest BCUT2D eigenvalue weighted by Crippen LogP contribution is -2.50. The maximum Gasteiger partial charge on any atom is 0.0528 e. The molecule has 2 heteroatoms. The van der Waals surface area contributed by atoms with Crippen molar-refractivity contribution in [2.75, 3.05) is 0 Å². The predicted molar refractivity (Wildman–Crippen MR) is 89.1 cm³/mol. The number of benzene rings is 1. The smallest absolute Gasteiger partial charge is 0.0528 e. The molecule has 0 amide bonds. The van der Waals surface area contributed by atoms with Crippen LogP contribution < -0.4 is 0 Å². The maximum absolute atomic E-state index is 5.94. The molecular formula is C19H24ClN. The van der Waals surface area contributed by atoms with Crippen molar-refractivity contribution < 1.29 is 0 Å².